The van der Waals surface area contributed by atoms with E-state index in [0.29, 0.717) is 44.6 Å². The molecule has 0 aromatic heterocycles. The van der Waals surface area contributed by atoms with Gasteiger partial charge in [-0.1, -0.05) is 18.2 Å². The monoisotopic (exact) mass is 471 g/mol. The molecule has 0 saturated carbocycles. The molecule has 10 heteroatoms. The van der Waals surface area contributed by atoms with Crippen molar-refractivity contribution in [3.63, 3.8) is 0 Å². The van der Waals surface area contributed by atoms with Crippen LogP contribution in [0.15, 0.2) is 53.4 Å². The van der Waals surface area contributed by atoms with Crippen LogP contribution in [0.3, 0.4) is 0 Å². The molecule has 33 heavy (non-hydrogen) atoms. The second kappa shape index (κ2) is 9.40. The number of piperidine rings is 1. The molecule has 0 unspecified atom stereocenters. The summed E-state index contributed by atoms with van der Waals surface area (Å²) in [5.41, 5.74) is 13.3. The minimum Gasteiger partial charge on any atom is -0.398 e. The highest BCUT2D eigenvalue weighted by atomic mass is 32.2. The summed E-state index contributed by atoms with van der Waals surface area (Å²) in [6.45, 7) is 1.96. The Balaban J connectivity index is 1.48. The van der Waals surface area contributed by atoms with E-state index in [4.69, 9.17) is 16.9 Å². The van der Waals surface area contributed by atoms with Gasteiger partial charge in [-0.2, -0.15) is 4.31 Å². The van der Waals surface area contributed by atoms with Gasteiger partial charge in [0.1, 0.15) is 4.90 Å². The van der Waals surface area contributed by atoms with E-state index in [0.717, 1.165) is 18.5 Å². The molecule has 2 aliphatic rings. The van der Waals surface area contributed by atoms with Gasteiger partial charge >= 0.3 is 6.03 Å². The molecule has 0 spiro atoms. The second-order valence-electron chi connectivity index (χ2n) is 8.51. The third-order valence-corrected chi connectivity index (χ3v) is 8.37. The maximum atomic E-state index is 13.5. The number of nitrogens with zero attached hydrogens (tertiary/aromatic N) is 3. The van der Waals surface area contributed by atoms with E-state index in [1.807, 2.05) is 29.2 Å². The summed E-state index contributed by atoms with van der Waals surface area (Å²) in [6.07, 6.45) is 2.94. The number of para-hydroxylation sites is 1. The average Bonchev–Trinajstić information content (AvgIpc) is 3.01. The van der Waals surface area contributed by atoms with Gasteiger partial charge in [0.25, 0.3) is 5.84 Å². The van der Waals surface area contributed by atoms with E-state index in [-0.39, 0.29) is 28.5 Å². The summed E-state index contributed by atoms with van der Waals surface area (Å²) in [5.74, 6) is 0.212. The summed E-state index contributed by atoms with van der Waals surface area (Å²) in [5, 5.41) is 5.74. The van der Waals surface area contributed by atoms with Gasteiger partial charge in [-0.15, -0.1) is 0 Å². The summed E-state index contributed by atoms with van der Waals surface area (Å²) < 4.78 is 27.6. The van der Waals surface area contributed by atoms with Gasteiger partial charge < -0.3 is 10.6 Å². The Hall–Kier alpha value is -3.11. The van der Waals surface area contributed by atoms with Gasteiger partial charge in [-0.25, -0.2) is 13.2 Å². The highest BCUT2D eigenvalue weighted by Crippen LogP contribution is 2.29. The smallest absolute Gasteiger partial charge is 0.324 e. The number of urea groups is 1. The van der Waals surface area contributed by atoms with Crippen molar-refractivity contribution in [2.75, 3.05) is 36.8 Å². The fourth-order valence-electron chi connectivity index (χ4n) is 4.58. The molecule has 4 rings (SSSR count). The van der Waals surface area contributed by atoms with E-state index >= 15 is 0 Å². The van der Waals surface area contributed by atoms with Crippen LogP contribution in [0.2, 0.25) is 0 Å². The molecule has 0 bridgehead atoms. The Bertz CT molecular complexity index is 1140. The largest absolute Gasteiger partial charge is 0.398 e. The number of carbonyl (C=O) groups excluding carboxylic acids is 1. The molecular formula is C23H31N6O3S+. The first-order chi connectivity index (χ1) is 15.8. The number of anilines is 2. The highest BCUT2D eigenvalue weighted by Gasteiger charge is 2.36. The number of nitrogen functional groups attached to an aromatic ring is 1. The molecule has 2 aliphatic heterocycles. The second-order valence-corrected chi connectivity index (χ2v) is 10.4. The number of carbonyl (C=O) groups is 1. The van der Waals surface area contributed by atoms with Gasteiger partial charge in [0.05, 0.1) is 11.3 Å². The standard InChI is InChI=1S/C23H30N6O3S/c24-20-8-1-2-9-21(20)33(31,32)27-14-10-18(11-15-27)28-12-3-4-13-29(23(28)30)19-7-5-6-17(16-19)22(25)26/h1-2,5-9,16,18H,3-4,10-15,24H2,(H3,25,26)/p+1. The van der Waals surface area contributed by atoms with Crippen molar-refractivity contribution in [2.24, 2.45) is 5.73 Å². The van der Waals surface area contributed by atoms with Gasteiger partial charge in [-0.3, -0.25) is 16.0 Å². The molecule has 176 valence electrons. The first-order valence-electron chi connectivity index (χ1n) is 11.2. The summed E-state index contributed by atoms with van der Waals surface area (Å²) in [4.78, 5) is 17.3. The van der Waals surface area contributed by atoms with E-state index in [1.54, 1.807) is 23.1 Å². The van der Waals surface area contributed by atoms with E-state index < -0.39 is 10.0 Å². The third kappa shape index (κ3) is 4.67. The van der Waals surface area contributed by atoms with Crippen molar-refractivity contribution in [3.8, 4) is 0 Å². The molecule has 2 aromatic rings. The fourth-order valence-corrected chi connectivity index (χ4v) is 6.16. The van der Waals surface area contributed by atoms with Gasteiger partial charge in [0.2, 0.25) is 10.0 Å². The lowest BCUT2D eigenvalue weighted by Crippen LogP contribution is -2.52. The molecule has 2 heterocycles. The predicted molar refractivity (Wildman–Crippen MR) is 128 cm³/mol. The van der Waals surface area contributed by atoms with Crippen molar-refractivity contribution in [2.45, 2.75) is 36.6 Å². The first-order valence-corrected chi connectivity index (χ1v) is 12.6. The average molecular weight is 472 g/mol. The molecule has 0 aliphatic carbocycles. The Labute approximate surface area is 194 Å². The zero-order valence-electron chi connectivity index (χ0n) is 18.6. The number of hydrogen-bond donors (Lipinski definition) is 3. The molecule has 2 amide bonds. The number of sulfonamides is 1. The number of rotatable bonds is 5. The zero-order chi connectivity index (χ0) is 23.6. The molecule has 0 radical (unpaired) electrons. The summed E-state index contributed by atoms with van der Waals surface area (Å²) in [6, 6.07) is 13.8. The van der Waals surface area contributed by atoms with Gasteiger partial charge in [0.15, 0.2) is 0 Å². The van der Waals surface area contributed by atoms with Crippen LogP contribution in [-0.2, 0) is 10.0 Å². The Morgan fingerprint density at radius 1 is 0.970 bits per heavy atom. The summed E-state index contributed by atoms with van der Waals surface area (Å²) >= 11 is 0. The summed E-state index contributed by atoms with van der Waals surface area (Å²) in [7, 11) is -3.67. The lowest BCUT2D eigenvalue weighted by atomic mass is 10.0. The molecule has 2 aromatic carbocycles. The molecule has 0 atom stereocenters. The van der Waals surface area contributed by atoms with Crippen molar-refractivity contribution < 1.29 is 18.6 Å². The number of hydrogen-bond acceptors (Lipinski definition) is 4. The molecule has 9 nitrogen and oxygen atoms in total. The Morgan fingerprint density at radius 3 is 2.36 bits per heavy atom. The van der Waals surface area contributed by atoms with E-state index in [1.165, 1.54) is 10.4 Å². The normalized spacial score (nSPS) is 18.8. The van der Waals surface area contributed by atoms with Crippen LogP contribution >= 0.6 is 0 Å². The number of benzene rings is 2. The molecule has 2 fully saturated rings. The third-order valence-electron chi connectivity index (χ3n) is 6.40. The SMILES string of the molecule is NC(=[NH2+])c1cccc(N2CCCCN(C3CCN(S(=O)(=O)c4ccccc4N)CC3)C2=O)c1. The fraction of sp³-hybridized carbons (Fsp3) is 0.391. The highest BCUT2D eigenvalue weighted by molar-refractivity contribution is 7.89. The Kier molecular flexibility index (Phi) is 6.57. The van der Waals surface area contributed by atoms with Crippen LogP contribution in [0.25, 0.3) is 0 Å². The maximum absolute atomic E-state index is 13.5. The minimum absolute atomic E-state index is 0.0213. The van der Waals surface area contributed by atoms with E-state index in [9.17, 15) is 13.2 Å². The number of amidine groups is 1. The maximum Gasteiger partial charge on any atom is 0.324 e. The van der Waals surface area contributed by atoms with Crippen molar-refractivity contribution in [3.05, 3.63) is 54.1 Å². The zero-order valence-corrected chi connectivity index (χ0v) is 19.4. The van der Waals surface area contributed by atoms with Gasteiger partial charge in [-0.05, 0) is 56.0 Å². The van der Waals surface area contributed by atoms with Crippen LogP contribution in [0.4, 0.5) is 16.2 Å². The first kappa shape index (κ1) is 23.1. The molecular weight excluding hydrogens is 440 g/mol. The van der Waals surface area contributed by atoms with Crippen molar-refractivity contribution >= 4 is 33.3 Å². The number of nitrogens with two attached hydrogens (primary N) is 3. The van der Waals surface area contributed by atoms with Crippen LogP contribution in [0.5, 0.6) is 0 Å². The lowest BCUT2D eigenvalue weighted by molar-refractivity contribution is -0.114. The van der Waals surface area contributed by atoms with Crippen molar-refractivity contribution in [1.82, 2.24) is 9.21 Å². The topological polar surface area (TPSA) is 139 Å². The van der Waals surface area contributed by atoms with Crippen LogP contribution in [0, 0.1) is 0 Å². The lowest BCUT2D eigenvalue weighted by Gasteiger charge is -2.39. The molecule has 6 N–H and O–H groups in total. The van der Waals surface area contributed by atoms with Crippen LogP contribution in [0.1, 0.15) is 31.2 Å². The quantitative estimate of drug-likeness (QED) is 0.333. The van der Waals surface area contributed by atoms with Gasteiger partial charge in [0, 0.05) is 37.9 Å². The van der Waals surface area contributed by atoms with Crippen molar-refractivity contribution in [1.29, 1.82) is 0 Å². The minimum atomic E-state index is -3.67. The van der Waals surface area contributed by atoms with Crippen LogP contribution < -0.4 is 21.8 Å². The number of amides is 2. The van der Waals surface area contributed by atoms with E-state index in [2.05, 4.69) is 0 Å². The Morgan fingerprint density at radius 2 is 1.67 bits per heavy atom. The molecule has 2 saturated heterocycles. The predicted octanol–water partition coefficient (Wildman–Crippen LogP) is 0.609. The van der Waals surface area contributed by atoms with Crippen LogP contribution in [-0.4, -0.2) is 61.7 Å².